The van der Waals surface area contributed by atoms with E-state index in [-0.39, 0.29) is 36.6 Å². The van der Waals surface area contributed by atoms with Gasteiger partial charge in [0.1, 0.15) is 0 Å². The summed E-state index contributed by atoms with van der Waals surface area (Å²) in [5.41, 5.74) is 2.23. The highest BCUT2D eigenvalue weighted by Gasteiger charge is 2.36. The van der Waals surface area contributed by atoms with E-state index >= 15 is 0 Å². The molecule has 2 rings (SSSR count). The van der Waals surface area contributed by atoms with Crippen LogP contribution in [0.4, 0.5) is 0 Å². The van der Waals surface area contributed by atoms with Gasteiger partial charge in [-0.2, -0.15) is 0 Å². The number of hydrogen-bond acceptors (Lipinski definition) is 3. The highest BCUT2D eigenvalue weighted by Crippen LogP contribution is 2.22. The normalized spacial score (nSPS) is 16.7. The quantitative estimate of drug-likeness (QED) is 0.744. The highest BCUT2D eigenvalue weighted by atomic mass is 16.2. The molecule has 1 saturated heterocycles. The fourth-order valence-electron chi connectivity index (χ4n) is 3.27. The molecule has 1 unspecified atom stereocenters. The fourth-order valence-corrected chi connectivity index (χ4v) is 3.27. The Morgan fingerprint density at radius 1 is 1.15 bits per heavy atom. The molecule has 1 aliphatic heterocycles. The molecule has 26 heavy (non-hydrogen) atoms. The number of likely N-dealkylation sites (N-methyl/N-ethyl adjacent to an activating group) is 2. The zero-order valence-corrected chi connectivity index (χ0v) is 16.2. The van der Waals surface area contributed by atoms with E-state index in [2.05, 4.69) is 0 Å². The third-order valence-electron chi connectivity index (χ3n) is 4.92. The van der Waals surface area contributed by atoms with Crippen molar-refractivity contribution in [1.29, 1.82) is 0 Å². The molecule has 6 heteroatoms. The molecule has 0 bridgehead atoms. The van der Waals surface area contributed by atoms with E-state index in [0.717, 1.165) is 5.56 Å². The second-order valence-electron chi connectivity index (χ2n) is 6.92. The molecule has 1 aromatic rings. The lowest BCUT2D eigenvalue weighted by molar-refractivity contribution is -0.141. The Kier molecular flexibility index (Phi) is 6.77. The van der Waals surface area contributed by atoms with Gasteiger partial charge in [-0.3, -0.25) is 14.4 Å². The number of hydrogen-bond donors (Lipinski definition) is 0. The molecule has 1 aliphatic rings. The monoisotopic (exact) mass is 359 g/mol. The van der Waals surface area contributed by atoms with Crippen LogP contribution in [-0.4, -0.2) is 65.6 Å². The highest BCUT2D eigenvalue weighted by molar-refractivity contribution is 5.91. The molecule has 1 aromatic carbocycles. The summed E-state index contributed by atoms with van der Waals surface area (Å²) < 4.78 is 0. The van der Waals surface area contributed by atoms with Gasteiger partial charge in [-0.1, -0.05) is 29.8 Å². The van der Waals surface area contributed by atoms with E-state index in [4.69, 9.17) is 0 Å². The van der Waals surface area contributed by atoms with Gasteiger partial charge in [0.15, 0.2) is 0 Å². The minimum Gasteiger partial charge on any atom is -0.342 e. The van der Waals surface area contributed by atoms with Crippen molar-refractivity contribution in [2.24, 2.45) is 5.92 Å². The first-order valence-corrected chi connectivity index (χ1v) is 9.21. The molecular formula is C20H29N3O3. The van der Waals surface area contributed by atoms with Gasteiger partial charge in [0.2, 0.25) is 17.7 Å². The predicted octanol–water partition coefficient (Wildman–Crippen LogP) is 1.67. The number of likely N-dealkylation sites (tertiary alicyclic amines) is 1. The van der Waals surface area contributed by atoms with Gasteiger partial charge in [0, 0.05) is 39.6 Å². The van der Waals surface area contributed by atoms with Gasteiger partial charge >= 0.3 is 0 Å². The van der Waals surface area contributed by atoms with Crippen molar-refractivity contribution >= 4 is 17.7 Å². The van der Waals surface area contributed by atoms with Crippen LogP contribution in [0.25, 0.3) is 0 Å². The summed E-state index contributed by atoms with van der Waals surface area (Å²) >= 11 is 0. The summed E-state index contributed by atoms with van der Waals surface area (Å²) in [5, 5.41) is 0. The van der Waals surface area contributed by atoms with Gasteiger partial charge in [-0.25, -0.2) is 0 Å². The second-order valence-corrected chi connectivity index (χ2v) is 6.92. The maximum atomic E-state index is 12.6. The van der Waals surface area contributed by atoms with Crippen LogP contribution in [0.15, 0.2) is 24.3 Å². The van der Waals surface area contributed by atoms with Gasteiger partial charge < -0.3 is 14.7 Å². The van der Waals surface area contributed by atoms with Crippen molar-refractivity contribution in [2.45, 2.75) is 33.7 Å². The number of amides is 3. The molecule has 0 N–H and O–H groups in total. The molecule has 1 heterocycles. The third kappa shape index (κ3) is 4.84. The van der Waals surface area contributed by atoms with Crippen molar-refractivity contribution in [3.8, 4) is 0 Å². The molecule has 0 saturated carbocycles. The largest absolute Gasteiger partial charge is 0.342 e. The molecule has 142 valence electrons. The van der Waals surface area contributed by atoms with Crippen LogP contribution in [0.5, 0.6) is 0 Å². The summed E-state index contributed by atoms with van der Waals surface area (Å²) in [6, 6.07) is 8.05. The first-order valence-electron chi connectivity index (χ1n) is 9.21. The SMILES string of the molecule is CCN(CC)C(=O)CN(C)C(=O)C1CC(=O)N(Cc2ccc(C)cc2)C1. The first-order chi connectivity index (χ1) is 12.3. The second kappa shape index (κ2) is 8.83. The third-order valence-corrected chi connectivity index (χ3v) is 4.92. The van der Waals surface area contributed by atoms with Crippen molar-refractivity contribution in [3.05, 3.63) is 35.4 Å². The first kappa shape index (κ1) is 19.9. The molecule has 1 fully saturated rings. The number of benzene rings is 1. The molecule has 1 atom stereocenters. The lowest BCUT2D eigenvalue weighted by Crippen LogP contribution is -2.43. The minimum atomic E-state index is -0.373. The van der Waals surface area contributed by atoms with Crippen LogP contribution in [0.3, 0.4) is 0 Å². The number of carbonyl (C=O) groups is 3. The fraction of sp³-hybridized carbons (Fsp3) is 0.550. The van der Waals surface area contributed by atoms with Crippen LogP contribution in [0.1, 0.15) is 31.4 Å². The van der Waals surface area contributed by atoms with Gasteiger partial charge in [0.25, 0.3) is 0 Å². The Balaban J connectivity index is 1.93. The summed E-state index contributed by atoms with van der Waals surface area (Å²) in [6.45, 7) is 8.11. The van der Waals surface area contributed by atoms with Gasteiger partial charge in [-0.15, -0.1) is 0 Å². The zero-order valence-electron chi connectivity index (χ0n) is 16.2. The smallest absolute Gasteiger partial charge is 0.242 e. The Bertz CT molecular complexity index is 653. The maximum absolute atomic E-state index is 12.6. The Morgan fingerprint density at radius 3 is 2.35 bits per heavy atom. The zero-order chi connectivity index (χ0) is 19.3. The topological polar surface area (TPSA) is 60.9 Å². The van der Waals surface area contributed by atoms with Crippen LogP contribution in [0, 0.1) is 12.8 Å². The number of nitrogens with zero attached hydrogens (tertiary/aromatic N) is 3. The Morgan fingerprint density at radius 2 is 1.77 bits per heavy atom. The average Bonchev–Trinajstić information content (AvgIpc) is 2.98. The standard InChI is InChI=1S/C20H29N3O3/c1-5-22(6-2)19(25)14-21(4)20(26)17-11-18(24)23(13-17)12-16-9-7-15(3)8-10-16/h7-10,17H,5-6,11-14H2,1-4H3. The summed E-state index contributed by atoms with van der Waals surface area (Å²) in [5.74, 6) is -0.577. The van der Waals surface area contributed by atoms with E-state index in [1.807, 2.05) is 45.0 Å². The van der Waals surface area contributed by atoms with Crippen molar-refractivity contribution < 1.29 is 14.4 Å². The number of rotatable bonds is 7. The molecule has 6 nitrogen and oxygen atoms in total. The van der Waals surface area contributed by atoms with Crippen molar-refractivity contribution in [3.63, 3.8) is 0 Å². The summed E-state index contributed by atoms with van der Waals surface area (Å²) in [6.07, 6.45) is 0.217. The Labute approximate surface area is 155 Å². The summed E-state index contributed by atoms with van der Waals surface area (Å²) in [7, 11) is 1.64. The molecule has 0 radical (unpaired) electrons. The van der Waals surface area contributed by atoms with E-state index in [1.165, 1.54) is 10.5 Å². The van der Waals surface area contributed by atoms with E-state index < -0.39 is 0 Å². The van der Waals surface area contributed by atoms with E-state index in [9.17, 15) is 14.4 Å². The summed E-state index contributed by atoms with van der Waals surface area (Å²) in [4.78, 5) is 42.0. The van der Waals surface area contributed by atoms with Gasteiger partial charge in [-0.05, 0) is 26.3 Å². The maximum Gasteiger partial charge on any atom is 0.242 e. The van der Waals surface area contributed by atoms with Crippen molar-refractivity contribution in [1.82, 2.24) is 14.7 Å². The van der Waals surface area contributed by atoms with Crippen LogP contribution >= 0.6 is 0 Å². The molecule has 0 aliphatic carbocycles. The number of carbonyl (C=O) groups excluding carboxylic acids is 3. The lowest BCUT2D eigenvalue weighted by atomic mass is 10.1. The lowest BCUT2D eigenvalue weighted by Gasteiger charge is -2.25. The average molecular weight is 359 g/mol. The van der Waals surface area contributed by atoms with Crippen LogP contribution in [0.2, 0.25) is 0 Å². The minimum absolute atomic E-state index is 0.00704. The molecule has 3 amide bonds. The van der Waals surface area contributed by atoms with E-state index in [1.54, 1.807) is 16.8 Å². The van der Waals surface area contributed by atoms with Crippen LogP contribution < -0.4 is 0 Å². The molecule has 0 aromatic heterocycles. The van der Waals surface area contributed by atoms with Crippen LogP contribution in [-0.2, 0) is 20.9 Å². The molecule has 0 spiro atoms. The number of aryl methyl sites for hydroxylation is 1. The van der Waals surface area contributed by atoms with Gasteiger partial charge in [0.05, 0.1) is 12.5 Å². The van der Waals surface area contributed by atoms with E-state index in [0.29, 0.717) is 26.2 Å². The van der Waals surface area contributed by atoms with Crippen molar-refractivity contribution in [2.75, 3.05) is 33.2 Å². The molecular weight excluding hydrogens is 330 g/mol. The predicted molar refractivity (Wildman–Crippen MR) is 100 cm³/mol. The Hall–Kier alpha value is -2.37.